The summed E-state index contributed by atoms with van der Waals surface area (Å²) in [4.78, 5) is 16.9. The summed E-state index contributed by atoms with van der Waals surface area (Å²) in [6, 6.07) is 2.79. The summed E-state index contributed by atoms with van der Waals surface area (Å²) in [5, 5.41) is 7.74. The third-order valence-electron chi connectivity index (χ3n) is 2.50. The van der Waals surface area contributed by atoms with Gasteiger partial charge in [0.15, 0.2) is 9.84 Å². The van der Waals surface area contributed by atoms with Gasteiger partial charge in [0.1, 0.15) is 13.2 Å². The van der Waals surface area contributed by atoms with Crippen molar-refractivity contribution in [1.82, 2.24) is 4.73 Å². The Hall–Kier alpha value is -2.22. The number of nitrogens with zero attached hydrogens (tertiary/aromatic N) is 1. The predicted molar refractivity (Wildman–Crippen MR) is 78.2 cm³/mol. The highest BCUT2D eigenvalue weighted by molar-refractivity contribution is 7.91. The van der Waals surface area contributed by atoms with Gasteiger partial charge >= 0.3 is 0 Å². The highest BCUT2D eigenvalue weighted by Crippen LogP contribution is 1.97. The summed E-state index contributed by atoms with van der Waals surface area (Å²) < 4.78 is 23.4. The van der Waals surface area contributed by atoms with Crippen LogP contribution in [0.4, 0.5) is 0 Å². The molecule has 1 N–H and O–H groups in total. The van der Waals surface area contributed by atoms with E-state index in [0.29, 0.717) is 5.56 Å². The van der Waals surface area contributed by atoms with E-state index in [1.54, 1.807) is 6.07 Å². The minimum Gasteiger partial charge on any atom is -0.409 e. The van der Waals surface area contributed by atoms with E-state index in [4.69, 9.17) is 9.94 Å². The monoisotopic (exact) mass is 309 g/mol. The molecule has 1 atom stereocenters. The molecule has 0 radical (unpaired) electrons. The summed E-state index contributed by atoms with van der Waals surface area (Å²) in [6.07, 6.45) is 2.47. The maximum absolute atomic E-state index is 11.7. The van der Waals surface area contributed by atoms with Gasteiger partial charge in [-0.2, -0.15) is 4.73 Å². The lowest BCUT2D eigenvalue weighted by molar-refractivity contribution is 0.104. The van der Waals surface area contributed by atoms with Crippen molar-refractivity contribution < 1.29 is 18.4 Å². The number of aliphatic hydroxyl groups is 1. The van der Waals surface area contributed by atoms with E-state index in [0.717, 1.165) is 11.0 Å². The second-order valence-electron chi connectivity index (χ2n) is 4.23. The summed E-state index contributed by atoms with van der Waals surface area (Å²) in [6.45, 7) is 1.11. The number of hydrogen-bond acceptors (Lipinski definition) is 5. The largest absolute Gasteiger partial charge is 0.409 e. The Kier molecular flexibility index (Phi) is 6.04. The lowest BCUT2D eigenvalue weighted by atomic mass is 10.3. The summed E-state index contributed by atoms with van der Waals surface area (Å²) in [5.74, 6) is 9.88. The average molecular weight is 309 g/mol. The Morgan fingerprint density at radius 1 is 1.43 bits per heavy atom. The summed E-state index contributed by atoms with van der Waals surface area (Å²) >= 11 is 0. The van der Waals surface area contributed by atoms with Crippen LogP contribution in [0.15, 0.2) is 23.1 Å². The van der Waals surface area contributed by atoms with Gasteiger partial charge < -0.3 is 9.94 Å². The van der Waals surface area contributed by atoms with Crippen molar-refractivity contribution >= 4 is 9.84 Å². The van der Waals surface area contributed by atoms with Crippen molar-refractivity contribution in [2.45, 2.75) is 12.2 Å². The molecule has 0 saturated heterocycles. The lowest BCUT2D eigenvalue weighted by Gasteiger charge is -2.12. The molecule has 0 aliphatic rings. The molecule has 1 heterocycles. The average Bonchev–Trinajstić information content (AvgIpc) is 2.41. The second-order valence-corrected chi connectivity index (χ2v) is 6.69. The quantitative estimate of drug-likeness (QED) is 0.725. The highest BCUT2D eigenvalue weighted by atomic mass is 32.2. The van der Waals surface area contributed by atoms with E-state index in [-0.39, 0.29) is 13.2 Å². The van der Waals surface area contributed by atoms with E-state index in [1.165, 1.54) is 19.2 Å². The number of aliphatic hydroxyl groups excluding tert-OH is 1. The number of hydrogen-bond donors (Lipinski definition) is 1. The number of aromatic nitrogens is 1. The molecule has 1 unspecified atom stereocenters. The smallest absolute Gasteiger partial charge is 0.284 e. The van der Waals surface area contributed by atoms with Crippen LogP contribution in [-0.2, 0) is 9.84 Å². The fourth-order valence-electron chi connectivity index (χ4n) is 1.15. The van der Waals surface area contributed by atoms with Gasteiger partial charge in [-0.3, -0.25) is 4.79 Å². The van der Waals surface area contributed by atoms with Gasteiger partial charge in [-0.15, -0.1) is 0 Å². The lowest BCUT2D eigenvalue weighted by Crippen LogP contribution is -2.33. The number of sulfone groups is 1. The molecule has 0 aliphatic heterocycles. The van der Waals surface area contributed by atoms with Crippen LogP contribution in [0.1, 0.15) is 12.5 Å². The van der Waals surface area contributed by atoms with E-state index in [9.17, 15) is 13.2 Å². The standard InChI is InChI=1S/C14H15NO5S/c1-12(21(2,18)19)11-20-15-8-7-13(10-14(15)17)6-4-3-5-9-16/h7-8,10,12,16H,9,11H2,1-2H3. The van der Waals surface area contributed by atoms with E-state index < -0.39 is 20.6 Å². The molecular formula is C14H15NO5S. The normalized spacial score (nSPS) is 11.6. The predicted octanol–water partition coefficient (Wildman–Crippen LogP) is -0.943. The molecular weight excluding hydrogens is 294 g/mol. The molecule has 0 fully saturated rings. The van der Waals surface area contributed by atoms with Crippen LogP contribution in [0, 0.1) is 23.7 Å². The van der Waals surface area contributed by atoms with Crippen molar-refractivity contribution in [3.8, 4) is 23.7 Å². The molecule has 0 spiro atoms. The van der Waals surface area contributed by atoms with Crippen molar-refractivity contribution in [3.63, 3.8) is 0 Å². The third kappa shape index (κ3) is 5.74. The van der Waals surface area contributed by atoms with Crippen molar-refractivity contribution in [3.05, 3.63) is 34.2 Å². The van der Waals surface area contributed by atoms with Gasteiger partial charge in [-0.05, 0) is 24.8 Å². The van der Waals surface area contributed by atoms with Gasteiger partial charge in [-0.1, -0.05) is 11.8 Å². The zero-order chi connectivity index (χ0) is 15.9. The van der Waals surface area contributed by atoms with Crippen LogP contribution in [0.5, 0.6) is 0 Å². The van der Waals surface area contributed by atoms with Gasteiger partial charge in [0.2, 0.25) is 0 Å². The Balaban J connectivity index is 2.79. The molecule has 1 aromatic rings. The number of pyridine rings is 1. The molecule has 112 valence electrons. The maximum Gasteiger partial charge on any atom is 0.284 e. The van der Waals surface area contributed by atoms with Gasteiger partial charge in [-0.25, -0.2) is 8.42 Å². The topological polar surface area (TPSA) is 85.6 Å². The highest BCUT2D eigenvalue weighted by Gasteiger charge is 2.15. The molecule has 0 amide bonds. The Morgan fingerprint density at radius 2 is 2.14 bits per heavy atom. The molecule has 0 saturated carbocycles. The Bertz CT molecular complexity index is 771. The first-order chi connectivity index (χ1) is 9.84. The van der Waals surface area contributed by atoms with Crippen LogP contribution in [0.25, 0.3) is 0 Å². The second kappa shape index (κ2) is 7.53. The first-order valence-electron chi connectivity index (χ1n) is 5.99. The zero-order valence-corrected chi connectivity index (χ0v) is 12.5. The minimum absolute atomic E-state index is 0.119. The maximum atomic E-state index is 11.7. The van der Waals surface area contributed by atoms with Crippen molar-refractivity contribution in [2.24, 2.45) is 0 Å². The minimum atomic E-state index is -3.21. The summed E-state index contributed by atoms with van der Waals surface area (Å²) in [7, 11) is -3.21. The van der Waals surface area contributed by atoms with Crippen molar-refractivity contribution in [2.75, 3.05) is 19.5 Å². The van der Waals surface area contributed by atoms with E-state index in [1.807, 2.05) is 0 Å². The van der Waals surface area contributed by atoms with Crippen LogP contribution < -0.4 is 10.4 Å². The molecule has 0 aliphatic carbocycles. The fraction of sp³-hybridized carbons (Fsp3) is 0.357. The van der Waals surface area contributed by atoms with E-state index >= 15 is 0 Å². The first kappa shape index (κ1) is 16.8. The molecule has 21 heavy (non-hydrogen) atoms. The third-order valence-corrected chi connectivity index (χ3v) is 4.10. The van der Waals surface area contributed by atoms with Gasteiger partial charge in [0.05, 0.1) is 5.25 Å². The first-order valence-corrected chi connectivity index (χ1v) is 7.94. The molecule has 1 rings (SSSR count). The summed E-state index contributed by atoms with van der Waals surface area (Å²) in [5.41, 5.74) is -0.0131. The van der Waals surface area contributed by atoms with Crippen molar-refractivity contribution in [1.29, 1.82) is 0 Å². The number of rotatable bonds is 4. The van der Waals surface area contributed by atoms with Crippen LogP contribution in [0.2, 0.25) is 0 Å². The molecule has 0 bridgehead atoms. The van der Waals surface area contributed by atoms with Crippen LogP contribution in [-0.4, -0.2) is 43.0 Å². The van der Waals surface area contributed by atoms with E-state index in [2.05, 4.69) is 23.7 Å². The fourth-order valence-corrected chi connectivity index (χ4v) is 1.45. The van der Waals surface area contributed by atoms with Crippen LogP contribution in [0.3, 0.4) is 0 Å². The molecule has 7 heteroatoms. The molecule has 0 aromatic carbocycles. The zero-order valence-electron chi connectivity index (χ0n) is 11.7. The Morgan fingerprint density at radius 3 is 2.71 bits per heavy atom. The Labute approximate surface area is 123 Å². The van der Waals surface area contributed by atoms with Gasteiger partial charge in [0.25, 0.3) is 5.56 Å². The molecule has 6 nitrogen and oxygen atoms in total. The molecule has 1 aromatic heterocycles. The SMILES string of the molecule is CC(COn1ccc(C#CC#CCO)cc1=O)S(C)(=O)=O. The van der Waals surface area contributed by atoms with Crippen LogP contribution >= 0.6 is 0 Å². The van der Waals surface area contributed by atoms with Gasteiger partial charge in [0, 0.05) is 24.1 Å².